The lowest BCUT2D eigenvalue weighted by Gasteiger charge is -2.26. The third-order valence-electron chi connectivity index (χ3n) is 4.51. The molecule has 0 atom stereocenters. The second kappa shape index (κ2) is 8.19. The maximum Gasteiger partial charge on any atom is 0.335 e. The number of hydrogen-bond acceptors (Lipinski definition) is 6. The number of anilines is 1. The number of nitrogens with zero attached hydrogens (tertiary/aromatic N) is 2. The van der Waals surface area contributed by atoms with Gasteiger partial charge in [-0.1, -0.05) is 6.07 Å². The van der Waals surface area contributed by atoms with Gasteiger partial charge in [-0.25, -0.2) is 14.1 Å². The SMILES string of the molecule is O=C1NC(=O)N(c2cccc(F)c2)C(=O)/C1=C\c1ccc(-c2ccc([N+](=O)[O-])cc2Br)o1. The second-order valence-electron chi connectivity index (χ2n) is 6.56. The van der Waals surface area contributed by atoms with Crippen molar-refractivity contribution in [3.63, 3.8) is 0 Å². The van der Waals surface area contributed by atoms with Gasteiger partial charge in [0.05, 0.1) is 10.6 Å². The standard InChI is InChI=1S/C21H11BrFN3O6/c22-17-9-13(26(30)31)4-6-15(17)18-7-5-14(32-18)10-16-19(27)24-21(29)25(20(16)28)12-3-1-2-11(23)8-12/h1-10H,(H,24,27,29)/b16-10-. The largest absolute Gasteiger partial charge is 0.457 e. The van der Waals surface area contributed by atoms with Gasteiger partial charge in [-0.15, -0.1) is 0 Å². The van der Waals surface area contributed by atoms with E-state index in [1.807, 2.05) is 5.32 Å². The van der Waals surface area contributed by atoms with Gasteiger partial charge in [0.1, 0.15) is 22.9 Å². The van der Waals surface area contributed by atoms with Crippen LogP contribution in [0.3, 0.4) is 0 Å². The van der Waals surface area contributed by atoms with Crippen LogP contribution in [-0.2, 0) is 9.59 Å². The number of hydrogen-bond donors (Lipinski definition) is 1. The number of nitro groups is 1. The van der Waals surface area contributed by atoms with Gasteiger partial charge in [-0.05, 0) is 58.4 Å². The summed E-state index contributed by atoms with van der Waals surface area (Å²) in [6.07, 6.45) is 1.15. The van der Waals surface area contributed by atoms with Crippen LogP contribution in [0.4, 0.5) is 20.6 Å². The second-order valence-corrected chi connectivity index (χ2v) is 7.42. The Morgan fingerprint density at radius 2 is 1.88 bits per heavy atom. The molecule has 0 spiro atoms. The van der Waals surface area contributed by atoms with E-state index in [1.165, 1.54) is 36.4 Å². The van der Waals surface area contributed by atoms with Crippen LogP contribution in [0.15, 0.2) is 69.1 Å². The summed E-state index contributed by atoms with van der Waals surface area (Å²) in [5.41, 5.74) is -0.0317. The van der Waals surface area contributed by atoms with Crippen molar-refractivity contribution in [3.05, 3.63) is 86.3 Å². The summed E-state index contributed by atoms with van der Waals surface area (Å²) in [5, 5.41) is 12.9. The van der Waals surface area contributed by atoms with E-state index in [0.717, 1.165) is 18.2 Å². The highest BCUT2D eigenvalue weighted by molar-refractivity contribution is 9.10. The van der Waals surface area contributed by atoms with Gasteiger partial charge in [0.25, 0.3) is 17.5 Å². The van der Waals surface area contributed by atoms with Crippen LogP contribution in [0.25, 0.3) is 17.4 Å². The summed E-state index contributed by atoms with van der Waals surface area (Å²) >= 11 is 3.25. The van der Waals surface area contributed by atoms with Crippen molar-refractivity contribution in [1.29, 1.82) is 0 Å². The fourth-order valence-electron chi connectivity index (χ4n) is 3.04. The van der Waals surface area contributed by atoms with Gasteiger partial charge < -0.3 is 4.42 Å². The summed E-state index contributed by atoms with van der Waals surface area (Å²) in [5.74, 6) is -2.09. The first-order chi connectivity index (χ1) is 15.2. The van der Waals surface area contributed by atoms with Crippen LogP contribution in [0.1, 0.15) is 5.76 Å². The van der Waals surface area contributed by atoms with E-state index in [0.29, 0.717) is 20.7 Å². The lowest BCUT2D eigenvalue weighted by atomic mass is 10.1. The molecule has 0 saturated carbocycles. The number of non-ortho nitro benzene ring substituents is 1. The zero-order chi connectivity index (χ0) is 23.0. The van der Waals surface area contributed by atoms with Crippen LogP contribution in [0, 0.1) is 15.9 Å². The van der Waals surface area contributed by atoms with Crippen LogP contribution in [0.2, 0.25) is 0 Å². The maximum absolute atomic E-state index is 13.6. The van der Waals surface area contributed by atoms with Crippen molar-refractivity contribution >= 4 is 51.2 Å². The zero-order valence-electron chi connectivity index (χ0n) is 15.9. The van der Waals surface area contributed by atoms with E-state index < -0.39 is 34.2 Å². The summed E-state index contributed by atoms with van der Waals surface area (Å²) in [7, 11) is 0. The van der Waals surface area contributed by atoms with Crippen LogP contribution in [-0.4, -0.2) is 22.8 Å². The summed E-state index contributed by atoms with van der Waals surface area (Å²) in [4.78, 5) is 48.3. The summed E-state index contributed by atoms with van der Waals surface area (Å²) < 4.78 is 19.6. The van der Waals surface area contributed by atoms with E-state index in [9.17, 15) is 28.9 Å². The molecular formula is C21H11BrFN3O6. The molecule has 1 fully saturated rings. The first kappa shape index (κ1) is 21.1. The van der Waals surface area contributed by atoms with Gasteiger partial charge in [0.2, 0.25) is 0 Å². The Balaban J connectivity index is 1.67. The Bertz CT molecular complexity index is 1330. The third kappa shape index (κ3) is 3.93. The minimum Gasteiger partial charge on any atom is -0.457 e. The highest BCUT2D eigenvalue weighted by atomic mass is 79.9. The quantitative estimate of drug-likeness (QED) is 0.245. The van der Waals surface area contributed by atoms with E-state index in [-0.39, 0.29) is 17.1 Å². The number of urea groups is 1. The van der Waals surface area contributed by atoms with Gasteiger partial charge in [0.15, 0.2) is 0 Å². The van der Waals surface area contributed by atoms with Gasteiger partial charge >= 0.3 is 6.03 Å². The molecule has 11 heteroatoms. The molecule has 1 aromatic heterocycles. The van der Waals surface area contributed by atoms with E-state index in [1.54, 1.807) is 6.07 Å². The number of nitrogens with one attached hydrogen (secondary N) is 1. The van der Waals surface area contributed by atoms with Crippen molar-refractivity contribution in [2.75, 3.05) is 4.90 Å². The number of amides is 4. The minimum absolute atomic E-state index is 0.0409. The molecule has 2 heterocycles. The number of rotatable bonds is 4. The summed E-state index contributed by atoms with van der Waals surface area (Å²) in [6.45, 7) is 0. The maximum atomic E-state index is 13.6. The molecule has 1 N–H and O–H groups in total. The van der Waals surface area contributed by atoms with Crippen LogP contribution in [0.5, 0.6) is 0 Å². The lowest BCUT2D eigenvalue weighted by molar-refractivity contribution is -0.384. The number of halogens is 2. The first-order valence-electron chi connectivity index (χ1n) is 8.96. The molecule has 1 aliphatic heterocycles. The van der Waals surface area contributed by atoms with Gasteiger partial charge in [-0.2, -0.15) is 0 Å². The fraction of sp³-hybridized carbons (Fsp3) is 0. The van der Waals surface area contributed by atoms with Crippen molar-refractivity contribution in [2.45, 2.75) is 0 Å². The molecule has 1 saturated heterocycles. The number of imide groups is 2. The van der Waals surface area contributed by atoms with Crippen LogP contribution < -0.4 is 10.2 Å². The van der Waals surface area contributed by atoms with E-state index in [4.69, 9.17) is 4.42 Å². The molecule has 4 rings (SSSR count). The highest BCUT2D eigenvalue weighted by Crippen LogP contribution is 2.33. The molecule has 0 bridgehead atoms. The van der Waals surface area contributed by atoms with E-state index >= 15 is 0 Å². The number of carbonyl (C=O) groups is 3. The Morgan fingerprint density at radius 1 is 1.09 bits per heavy atom. The molecule has 32 heavy (non-hydrogen) atoms. The lowest BCUT2D eigenvalue weighted by Crippen LogP contribution is -2.54. The monoisotopic (exact) mass is 499 g/mol. The molecule has 4 amide bonds. The van der Waals surface area contributed by atoms with E-state index in [2.05, 4.69) is 15.9 Å². The van der Waals surface area contributed by atoms with Gasteiger partial charge in [-0.3, -0.25) is 25.0 Å². The normalized spacial score (nSPS) is 15.2. The predicted molar refractivity (Wildman–Crippen MR) is 114 cm³/mol. The Morgan fingerprint density at radius 3 is 2.56 bits per heavy atom. The Labute approximate surface area is 187 Å². The molecular weight excluding hydrogens is 489 g/mol. The van der Waals surface area contributed by atoms with Crippen molar-refractivity contribution in [3.8, 4) is 11.3 Å². The van der Waals surface area contributed by atoms with Gasteiger partial charge in [0, 0.05) is 22.2 Å². The molecule has 9 nitrogen and oxygen atoms in total. The summed E-state index contributed by atoms with van der Waals surface area (Å²) in [6, 6.07) is 11.0. The van der Waals surface area contributed by atoms with Crippen molar-refractivity contribution < 1.29 is 28.1 Å². The number of carbonyl (C=O) groups excluding carboxylic acids is 3. The van der Waals surface area contributed by atoms with Crippen LogP contribution >= 0.6 is 15.9 Å². The predicted octanol–water partition coefficient (Wildman–Crippen LogP) is 4.42. The molecule has 3 aromatic rings. The zero-order valence-corrected chi connectivity index (χ0v) is 17.5. The average molecular weight is 500 g/mol. The molecule has 2 aromatic carbocycles. The molecule has 160 valence electrons. The van der Waals surface area contributed by atoms with Crippen molar-refractivity contribution in [1.82, 2.24) is 5.32 Å². The average Bonchev–Trinajstić information content (AvgIpc) is 3.19. The molecule has 0 radical (unpaired) electrons. The highest BCUT2D eigenvalue weighted by Gasteiger charge is 2.37. The number of nitro benzene ring substituents is 1. The molecule has 0 aliphatic carbocycles. The Hall–Kier alpha value is -4.12. The Kier molecular flexibility index (Phi) is 5.41. The first-order valence-corrected chi connectivity index (χ1v) is 9.75. The van der Waals surface area contributed by atoms with Crippen molar-refractivity contribution in [2.24, 2.45) is 0 Å². The third-order valence-corrected chi connectivity index (χ3v) is 5.17. The fourth-order valence-corrected chi connectivity index (χ4v) is 3.60. The molecule has 0 unspecified atom stereocenters. The smallest absolute Gasteiger partial charge is 0.335 e. The molecule has 1 aliphatic rings. The number of furan rings is 1. The minimum atomic E-state index is -1.00. The number of barbiturate groups is 1. The number of benzene rings is 2. The topological polar surface area (TPSA) is 123 Å².